The van der Waals surface area contributed by atoms with E-state index in [4.69, 9.17) is 4.74 Å². The lowest BCUT2D eigenvalue weighted by Gasteiger charge is -2.34. The number of amides is 1. The summed E-state index contributed by atoms with van der Waals surface area (Å²) < 4.78 is 5.50. The molecule has 1 unspecified atom stereocenters. The van der Waals surface area contributed by atoms with Crippen molar-refractivity contribution in [3.63, 3.8) is 0 Å². The minimum Gasteiger partial charge on any atom is -0.444 e. The highest BCUT2D eigenvalue weighted by molar-refractivity contribution is 5.68. The first kappa shape index (κ1) is 18.6. The molecule has 1 N–H and O–H groups in total. The van der Waals surface area contributed by atoms with E-state index < -0.39 is 5.60 Å². The van der Waals surface area contributed by atoms with E-state index in [1.54, 1.807) is 0 Å². The minimum absolute atomic E-state index is 0.141. The number of nitrogens with one attached hydrogen (secondary N) is 1. The Kier molecular flexibility index (Phi) is 7.19. The van der Waals surface area contributed by atoms with Gasteiger partial charge >= 0.3 is 6.09 Å². The molecule has 0 aromatic rings. The topological polar surface area (TPSA) is 41.6 Å². The van der Waals surface area contributed by atoms with Gasteiger partial charge in [-0.25, -0.2) is 4.79 Å². The standard InChI is InChI=1S/C19H36N2O2/c1-19(2,3)23-18(22)21-13-7-10-17(15-21)11-12-20-14-16-8-5-4-6-9-16/h16-17,20H,4-15H2,1-3H3. The fraction of sp³-hybridized carbons (Fsp3) is 0.947. The van der Waals surface area contributed by atoms with Gasteiger partial charge in [0.15, 0.2) is 0 Å². The van der Waals surface area contributed by atoms with Crippen molar-refractivity contribution in [2.45, 2.75) is 77.7 Å². The van der Waals surface area contributed by atoms with Crippen LogP contribution in [0.25, 0.3) is 0 Å². The summed E-state index contributed by atoms with van der Waals surface area (Å²) in [4.78, 5) is 14.1. The fourth-order valence-corrected chi connectivity index (χ4v) is 3.80. The molecule has 1 saturated heterocycles. The molecule has 0 radical (unpaired) electrons. The van der Waals surface area contributed by atoms with Gasteiger partial charge in [-0.1, -0.05) is 19.3 Å². The number of rotatable bonds is 5. The van der Waals surface area contributed by atoms with Crippen LogP contribution in [-0.2, 0) is 4.74 Å². The average Bonchev–Trinajstić information content (AvgIpc) is 2.51. The second kappa shape index (κ2) is 8.91. The molecule has 1 atom stereocenters. The molecule has 4 nitrogen and oxygen atoms in total. The Bertz CT molecular complexity index is 359. The molecule has 2 rings (SSSR count). The third-order valence-corrected chi connectivity index (χ3v) is 5.06. The number of carbonyl (C=O) groups is 1. The largest absolute Gasteiger partial charge is 0.444 e. The zero-order valence-corrected chi connectivity index (χ0v) is 15.4. The predicted molar refractivity (Wildman–Crippen MR) is 94.6 cm³/mol. The van der Waals surface area contributed by atoms with Gasteiger partial charge in [0.2, 0.25) is 0 Å². The molecule has 0 bridgehead atoms. The van der Waals surface area contributed by atoms with Crippen molar-refractivity contribution in [3.8, 4) is 0 Å². The third kappa shape index (κ3) is 7.11. The zero-order chi connectivity index (χ0) is 16.7. The second-order valence-electron chi connectivity index (χ2n) is 8.43. The van der Waals surface area contributed by atoms with E-state index in [1.807, 2.05) is 25.7 Å². The summed E-state index contributed by atoms with van der Waals surface area (Å²) in [5.74, 6) is 1.52. The Morgan fingerprint density at radius 3 is 2.48 bits per heavy atom. The van der Waals surface area contributed by atoms with Crippen LogP contribution in [0.15, 0.2) is 0 Å². The van der Waals surface area contributed by atoms with Gasteiger partial charge in [0, 0.05) is 13.1 Å². The monoisotopic (exact) mass is 324 g/mol. The number of hydrogen-bond acceptors (Lipinski definition) is 3. The summed E-state index contributed by atoms with van der Waals surface area (Å²) in [5.41, 5.74) is -0.397. The molecular weight excluding hydrogens is 288 g/mol. The number of nitrogens with zero attached hydrogens (tertiary/aromatic N) is 1. The Hall–Kier alpha value is -0.770. The van der Waals surface area contributed by atoms with Gasteiger partial charge in [-0.15, -0.1) is 0 Å². The third-order valence-electron chi connectivity index (χ3n) is 5.06. The Morgan fingerprint density at radius 2 is 1.78 bits per heavy atom. The predicted octanol–water partition coefficient (Wildman–Crippen LogP) is 4.19. The van der Waals surface area contributed by atoms with E-state index in [0.717, 1.165) is 32.0 Å². The molecule has 23 heavy (non-hydrogen) atoms. The average molecular weight is 325 g/mol. The first-order valence-electron chi connectivity index (χ1n) is 9.63. The Labute approximate surface area is 142 Å². The van der Waals surface area contributed by atoms with Gasteiger partial charge < -0.3 is 15.0 Å². The lowest BCUT2D eigenvalue weighted by Crippen LogP contribution is -2.43. The Balaban J connectivity index is 1.62. The summed E-state index contributed by atoms with van der Waals surface area (Å²) in [5, 5.41) is 3.65. The molecule has 1 aliphatic heterocycles. The van der Waals surface area contributed by atoms with Gasteiger partial charge in [-0.05, 0) is 77.8 Å². The van der Waals surface area contributed by atoms with Gasteiger partial charge in [0.05, 0.1) is 0 Å². The number of hydrogen-bond donors (Lipinski definition) is 1. The molecular formula is C19H36N2O2. The van der Waals surface area contributed by atoms with Crippen LogP contribution in [0.4, 0.5) is 4.79 Å². The summed E-state index contributed by atoms with van der Waals surface area (Å²) in [6, 6.07) is 0. The first-order valence-corrected chi connectivity index (χ1v) is 9.63. The van der Waals surface area contributed by atoms with Gasteiger partial charge in [0.1, 0.15) is 5.60 Å². The zero-order valence-electron chi connectivity index (χ0n) is 15.4. The number of piperidine rings is 1. The van der Waals surface area contributed by atoms with Crippen LogP contribution in [0.1, 0.15) is 72.1 Å². The van der Waals surface area contributed by atoms with E-state index in [9.17, 15) is 4.79 Å². The fourth-order valence-electron chi connectivity index (χ4n) is 3.80. The van der Waals surface area contributed by atoms with E-state index in [-0.39, 0.29) is 6.09 Å². The first-order chi connectivity index (χ1) is 10.9. The van der Waals surface area contributed by atoms with Gasteiger partial charge in [0.25, 0.3) is 0 Å². The van der Waals surface area contributed by atoms with E-state index >= 15 is 0 Å². The van der Waals surface area contributed by atoms with E-state index in [1.165, 1.54) is 51.5 Å². The molecule has 0 aromatic carbocycles. The summed E-state index contributed by atoms with van der Waals surface area (Å²) in [6.07, 6.45) is 10.4. The molecule has 1 aliphatic carbocycles. The van der Waals surface area contributed by atoms with Crippen molar-refractivity contribution < 1.29 is 9.53 Å². The van der Waals surface area contributed by atoms with Crippen molar-refractivity contribution in [1.82, 2.24) is 10.2 Å². The second-order valence-corrected chi connectivity index (χ2v) is 8.43. The number of carbonyl (C=O) groups excluding carboxylic acids is 1. The van der Waals surface area contributed by atoms with Crippen LogP contribution in [0, 0.1) is 11.8 Å². The summed E-state index contributed by atoms with van der Waals surface area (Å²) in [6.45, 7) is 9.78. The van der Waals surface area contributed by atoms with Crippen molar-refractivity contribution in [2.75, 3.05) is 26.2 Å². The quantitative estimate of drug-likeness (QED) is 0.771. The molecule has 1 amide bonds. The molecule has 0 spiro atoms. The molecule has 4 heteroatoms. The number of likely N-dealkylation sites (tertiary alicyclic amines) is 1. The number of ether oxygens (including phenoxy) is 1. The molecule has 0 aromatic heterocycles. The Morgan fingerprint density at radius 1 is 1.09 bits per heavy atom. The molecule has 2 fully saturated rings. The molecule has 1 heterocycles. The summed E-state index contributed by atoms with van der Waals surface area (Å²) in [7, 11) is 0. The summed E-state index contributed by atoms with van der Waals surface area (Å²) >= 11 is 0. The van der Waals surface area contributed by atoms with Crippen molar-refractivity contribution in [2.24, 2.45) is 11.8 Å². The van der Waals surface area contributed by atoms with Crippen molar-refractivity contribution >= 4 is 6.09 Å². The van der Waals surface area contributed by atoms with Crippen LogP contribution in [0.3, 0.4) is 0 Å². The van der Waals surface area contributed by atoms with Crippen LogP contribution >= 0.6 is 0 Å². The maximum atomic E-state index is 12.2. The van der Waals surface area contributed by atoms with Crippen LogP contribution in [0.2, 0.25) is 0 Å². The molecule has 1 saturated carbocycles. The maximum absolute atomic E-state index is 12.2. The SMILES string of the molecule is CC(C)(C)OC(=O)N1CCCC(CCNCC2CCCCC2)C1. The van der Waals surface area contributed by atoms with Gasteiger partial charge in [-0.3, -0.25) is 0 Å². The molecule has 134 valence electrons. The van der Waals surface area contributed by atoms with Gasteiger partial charge in [-0.2, -0.15) is 0 Å². The minimum atomic E-state index is -0.397. The highest BCUT2D eigenvalue weighted by Gasteiger charge is 2.27. The smallest absolute Gasteiger partial charge is 0.410 e. The van der Waals surface area contributed by atoms with Crippen LogP contribution in [-0.4, -0.2) is 42.8 Å². The molecule has 2 aliphatic rings. The van der Waals surface area contributed by atoms with Crippen molar-refractivity contribution in [1.29, 1.82) is 0 Å². The maximum Gasteiger partial charge on any atom is 0.410 e. The highest BCUT2D eigenvalue weighted by Crippen LogP contribution is 2.23. The highest BCUT2D eigenvalue weighted by atomic mass is 16.6. The lowest BCUT2D eigenvalue weighted by molar-refractivity contribution is 0.0162. The normalized spacial score (nSPS) is 23.8. The van der Waals surface area contributed by atoms with E-state index in [2.05, 4.69) is 5.32 Å². The van der Waals surface area contributed by atoms with Crippen LogP contribution < -0.4 is 5.32 Å². The van der Waals surface area contributed by atoms with Crippen molar-refractivity contribution in [3.05, 3.63) is 0 Å². The van der Waals surface area contributed by atoms with Crippen LogP contribution in [0.5, 0.6) is 0 Å². The van der Waals surface area contributed by atoms with E-state index in [0.29, 0.717) is 5.92 Å². The lowest BCUT2D eigenvalue weighted by atomic mass is 9.89.